The summed E-state index contributed by atoms with van der Waals surface area (Å²) in [5.74, 6) is -0.637. The Morgan fingerprint density at radius 2 is 2.04 bits per heavy atom. The number of rotatable bonds is 2. The SMILES string of the molecule is COc1cccc(C2C3CN(C(N)=O)CC=C3C(C#N)=C(N)C2(C#N)C#N)c1. The third-order valence-corrected chi connectivity index (χ3v) is 5.43. The van der Waals surface area contributed by atoms with E-state index >= 15 is 0 Å². The summed E-state index contributed by atoms with van der Waals surface area (Å²) >= 11 is 0. The minimum atomic E-state index is -1.76. The lowest BCUT2D eigenvalue weighted by atomic mass is 9.58. The van der Waals surface area contributed by atoms with Gasteiger partial charge in [-0.25, -0.2) is 4.79 Å². The summed E-state index contributed by atoms with van der Waals surface area (Å²) < 4.78 is 5.29. The molecule has 28 heavy (non-hydrogen) atoms. The molecule has 2 aliphatic rings. The third-order valence-electron chi connectivity index (χ3n) is 5.43. The molecule has 8 heteroatoms. The summed E-state index contributed by atoms with van der Waals surface area (Å²) in [6, 6.07) is 12.5. The van der Waals surface area contributed by atoms with Crippen molar-refractivity contribution in [3.05, 3.63) is 52.7 Å². The van der Waals surface area contributed by atoms with Crippen molar-refractivity contribution >= 4 is 6.03 Å². The Morgan fingerprint density at radius 1 is 1.32 bits per heavy atom. The first-order valence-corrected chi connectivity index (χ1v) is 8.55. The maximum Gasteiger partial charge on any atom is 0.315 e. The third kappa shape index (κ3) is 2.62. The molecule has 3 rings (SSSR count). The maximum atomic E-state index is 11.8. The fourth-order valence-electron chi connectivity index (χ4n) is 4.07. The van der Waals surface area contributed by atoms with Crippen LogP contribution in [0.3, 0.4) is 0 Å². The zero-order valence-electron chi connectivity index (χ0n) is 15.2. The van der Waals surface area contributed by atoms with E-state index in [1.165, 1.54) is 12.0 Å². The molecule has 0 saturated carbocycles. The Hall–Kier alpha value is -3.96. The first kappa shape index (κ1) is 18.8. The Bertz CT molecular complexity index is 1010. The summed E-state index contributed by atoms with van der Waals surface area (Å²) in [4.78, 5) is 13.2. The zero-order chi connectivity index (χ0) is 20.5. The number of amides is 2. The molecule has 8 nitrogen and oxygen atoms in total. The smallest absolute Gasteiger partial charge is 0.315 e. The van der Waals surface area contributed by atoms with Crippen molar-refractivity contribution < 1.29 is 9.53 Å². The van der Waals surface area contributed by atoms with Gasteiger partial charge in [0, 0.05) is 24.9 Å². The van der Waals surface area contributed by atoms with E-state index in [-0.39, 0.29) is 24.4 Å². The second-order valence-electron chi connectivity index (χ2n) is 6.70. The second kappa shape index (κ2) is 6.98. The van der Waals surface area contributed by atoms with Gasteiger partial charge in [0.15, 0.2) is 5.41 Å². The van der Waals surface area contributed by atoms with E-state index in [2.05, 4.69) is 0 Å². The molecule has 1 aromatic rings. The standard InChI is InChI=1S/C20H18N6O2/c1-28-13-4-2-3-12(7-13)17-16-9-26(19(25)27)6-5-14(16)15(8-21)18(24)20(17,10-22)11-23/h2-5,7,16-17H,6,9,24H2,1H3,(H2,25,27). The summed E-state index contributed by atoms with van der Waals surface area (Å²) in [5, 5.41) is 29.7. The van der Waals surface area contributed by atoms with Crippen LogP contribution in [0.15, 0.2) is 47.2 Å². The van der Waals surface area contributed by atoms with E-state index in [4.69, 9.17) is 16.2 Å². The molecular formula is C20H18N6O2. The lowest BCUT2D eigenvalue weighted by molar-refractivity contribution is 0.190. The predicted molar refractivity (Wildman–Crippen MR) is 98.9 cm³/mol. The molecule has 0 radical (unpaired) electrons. The highest BCUT2D eigenvalue weighted by Gasteiger charge is 2.54. The number of allylic oxidation sites excluding steroid dienone is 2. The number of benzene rings is 1. The van der Waals surface area contributed by atoms with Gasteiger partial charge in [-0.3, -0.25) is 0 Å². The fourth-order valence-corrected chi connectivity index (χ4v) is 4.07. The van der Waals surface area contributed by atoms with E-state index in [1.807, 2.05) is 18.2 Å². The average molecular weight is 374 g/mol. The molecule has 4 N–H and O–H groups in total. The van der Waals surface area contributed by atoms with E-state index in [1.54, 1.807) is 30.3 Å². The number of ether oxygens (including phenoxy) is 1. The molecule has 0 bridgehead atoms. The summed E-state index contributed by atoms with van der Waals surface area (Å²) in [6.45, 7) is 0.406. The molecule has 140 valence electrons. The summed E-state index contributed by atoms with van der Waals surface area (Å²) in [5.41, 5.74) is 11.3. The predicted octanol–water partition coefficient (Wildman–Crippen LogP) is 1.50. The molecule has 2 amide bonds. The van der Waals surface area contributed by atoms with Crippen LogP contribution in [-0.4, -0.2) is 31.1 Å². The van der Waals surface area contributed by atoms with Gasteiger partial charge in [0.1, 0.15) is 11.8 Å². The average Bonchev–Trinajstić information content (AvgIpc) is 2.72. The van der Waals surface area contributed by atoms with Crippen LogP contribution in [0.1, 0.15) is 11.5 Å². The highest BCUT2D eigenvalue weighted by atomic mass is 16.5. The van der Waals surface area contributed by atoms with Gasteiger partial charge in [0.2, 0.25) is 0 Å². The Kier molecular flexibility index (Phi) is 4.69. The summed E-state index contributed by atoms with van der Waals surface area (Å²) in [7, 11) is 1.52. The Labute approximate surface area is 162 Å². The molecule has 2 atom stereocenters. The first-order valence-electron chi connectivity index (χ1n) is 8.55. The van der Waals surface area contributed by atoms with Gasteiger partial charge in [-0.05, 0) is 23.3 Å². The van der Waals surface area contributed by atoms with Gasteiger partial charge in [0.25, 0.3) is 0 Å². The second-order valence-corrected chi connectivity index (χ2v) is 6.70. The van der Waals surface area contributed by atoms with Gasteiger partial charge < -0.3 is 21.1 Å². The van der Waals surface area contributed by atoms with Crippen LogP contribution in [0, 0.1) is 45.3 Å². The van der Waals surface area contributed by atoms with Crippen LogP contribution in [0.4, 0.5) is 4.79 Å². The van der Waals surface area contributed by atoms with Crippen molar-refractivity contribution in [3.8, 4) is 24.0 Å². The highest BCUT2D eigenvalue weighted by Crippen LogP contribution is 2.54. The monoisotopic (exact) mass is 374 g/mol. The molecule has 0 spiro atoms. The lowest BCUT2D eigenvalue weighted by Crippen LogP contribution is -2.50. The van der Waals surface area contributed by atoms with Gasteiger partial charge >= 0.3 is 6.03 Å². The number of nitriles is 3. The van der Waals surface area contributed by atoms with Crippen LogP contribution in [0.5, 0.6) is 5.75 Å². The largest absolute Gasteiger partial charge is 0.497 e. The van der Waals surface area contributed by atoms with Crippen molar-refractivity contribution in [1.29, 1.82) is 15.8 Å². The maximum absolute atomic E-state index is 11.8. The summed E-state index contributed by atoms with van der Waals surface area (Å²) in [6.07, 6.45) is 1.72. The Morgan fingerprint density at radius 3 is 2.61 bits per heavy atom. The van der Waals surface area contributed by atoms with Crippen molar-refractivity contribution in [3.63, 3.8) is 0 Å². The minimum Gasteiger partial charge on any atom is -0.497 e. The first-order chi connectivity index (χ1) is 13.4. The van der Waals surface area contributed by atoms with Crippen LogP contribution in [0.25, 0.3) is 0 Å². The number of urea groups is 1. The van der Waals surface area contributed by atoms with Crippen LogP contribution >= 0.6 is 0 Å². The molecule has 1 heterocycles. The highest BCUT2D eigenvalue weighted by molar-refractivity contribution is 5.73. The van der Waals surface area contributed by atoms with E-state index < -0.39 is 23.3 Å². The number of nitrogens with two attached hydrogens (primary N) is 2. The van der Waals surface area contributed by atoms with E-state index in [0.29, 0.717) is 16.9 Å². The van der Waals surface area contributed by atoms with Crippen LogP contribution < -0.4 is 16.2 Å². The molecule has 1 aromatic carbocycles. The van der Waals surface area contributed by atoms with Gasteiger partial charge in [-0.15, -0.1) is 0 Å². The molecule has 1 aliphatic carbocycles. The molecule has 2 unspecified atom stereocenters. The number of hydrogen-bond donors (Lipinski definition) is 2. The number of carbonyl (C=O) groups is 1. The number of fused-ring (bicyclic) bond motifs is 1. The number of carbonyl (C=O) groups excluding carboxylic acids is 1. The number of hydrogen-bond acceptors (Lipinski definition) is 6. The van der Waals surface area contributed by atoms with Crippen LogP contribution in [0.2, 0.25) is 0 Å². The van der Waals surface area contributed by atoms with Gasteiger partial charge in [-0.1, -0.05) is 18.2 Å². The van der Waals surface area contributed by atoms with E-state index in [9.17, 15) is 20.6 Å². The molecule has 1 aliphatic heterocycles. The lowest BCUT2D eigenvalue weighted by Gasteiger charge is -2.45. The number of nitrogens with zero attached hydrogens (tertiary/aromatic N) is 4. The van der Waals surface area contributed by atoms with Crippen molar-refractivity contribution in [2.45, 2.75) is 5.92 Å². The van der Waals surface area contributed by atoms with Crippen LogP contribution in [-0.2, 0) is 0 Å². The topological polar surface area (TPSA) is 153 Å². The molecule has 0 saturated heterocycles. The fraction of sp³-hybridized carbons (Fsp3) is 0.300. The van der Waals surface area contributed by atoms with Crippen molar-refractivity contribution in [2.75, 3.05) is 20.2 Å². The van der Waals surface area contributed by atoms with Gasteiger partial charge in [0.05, 0.1) is 30.5 Å². The van der Waals surface area contributed by atoms with Crippen molar-refractivity contribution in [2.24, 2.45) is 22.8 Å². The Balaban J connectivity index is 2.31. The van der Waals surface area contributed by atoms with Crippen molar-refractivity contribution in [1.82, 2.24) is 4.90 Å². The van der Waals surface area contributed by atoms with E-state index in [0.717, 1.165) is 0 Å². The molecular weight excluding hydrogens is 356 g/mol. The number of primary amides is 1. The molecule has 0 aromatic heterocycles. The zero-order valence-corrected chi connectivity index (χ0v) is 15.2. The molecule has 0 fully saturated rings. The minimum absolute atomic E-state index is 0.0668. The normalized spacial score (nSPS) is 22.8. The van der Waals surface area contributed by atoms with Gasteiger partial charge in [-0.2, -0.15) is 15.8 Å². The number of methoxy groups -OCH3 is 1. The quantitative estimate of drug-likeness (QED) is 0.800.